The monoisotopic (exact) mass is 328 g/mol. The van der Waals surface area contributed by atoms with Crippen LogP contribution in [0.1, 0.15) is 41.0 Å². The van der Waals surface area contributed by atoms with E-state index in [1.54, 1.807) is 0 Å². The lowest BCUT2D eigenvalue weighted by atomic mass is 9.98. The molecule has 0 spiro atoms. The number of amides is 1. The molecule has 3 rings (SSSR count). The SMILES string of the molecule is CC[C@H]1c2ccsc2CCN1CC(=O)NCc1ccc(C)cc1. The van der Waals surface area contributed by atoms with Crippen LogP contribution in [-0.2, 0) is 17.8 Å². The third-order valence-electron chi connectivity index (χ3n) is 4.55. The number of carbonyl (C=O) groups excluding carboxylic acids is 1. The van der Waals surface area contributed by atoms with E-state index < -0.39 is 0 Å². The van der Waals surface area contributed by atoms with Crippen molar-refractivity contribution in [2.24, 2.45) is 0 Å². The molecule has 0 radical (unpaired) electrons. The lowest BCUT2D eigenvalue weighted by Crippen LogP contribution is -2.42. The van der Waals surface area contributed by atoms with Crippen LogP contribution < -0.4 is 5.32 Å². The molecular formula is C19H24N2OS. The van der Waals surface area contributed by atoms with Gasteiger partial charge in [0, 0.05) is 24.0 Å². The zero-order chi connectivity index (χ0) is 16.2. The zero-order valence-electron chi connectivity index (χ0n) is 13.8. The normalized spacial score (nSPS) is 17.7. The van der Waals surface area contributed by atoms with Gasteiger partial charge in [0.1, 0.15) is 0 Å². The van der Waals surface area contributed by atoms with Gasteiger partial charge in [0.05, 0.1) is 6.54 Å². The first-order valence-electron chi connectivity index (χ1n) is 8.30. The predicted octanol–water partition coefficient (Wildman–Crippen LogP) is 3.68. The molecule has 0 aliphatic carbocycles. The van der Waals surface area contributed by atoms with Gasteiger partial charge in [-0.3, -0.25) is 9.69 Å². The number of hydrogen-bond acceptors (Lipinski definition) is 3. The Morgan fingerprint density at radius 2 is 2.09 bits per heavy atom. The van der Waals surface area contributed by atoms with Gasteiger partial charge in [-0.1, -0.05) is 36.8 Å². The minimum absolute atomic E-state index is 0.114. The Morgan fingerprint density at radius 1 is 1.30 bits per heavy atom. The Morgan fingerprint density at radius 3 is 2.83 bits per heavy atom. The van der Waals surface area contributed by atoms with Crippen molar-refractivity contribution in [2.75, 3.05) is 13.1 Å². The molecule has 0 saturated heterocycles. The number of carbonyl (C=O) groups is 1. The van der Waals surface area contributed by atoms with Crippen LogP contribution in [0.4, 0.5) is 0 Å². The summed E-state index contributed by atoms with van der Waals surface area (Å²) in [5, 5.41) is 5.23. The molecule has 0 unspecified atom stereocenters. The summed E-state index contributed by atoms with van der Waals surface area (Å²) >= 11 is 1.85. The molecule has 2 heterocycles. The number of thiophene rings is 1. The summed E-state index contributed by atoms with van der Waals surface area (Å²) in [4.78, 5) is 16.1. The summed E-state index contributed by atoms with van der Waals surface area (Å²) < 4.78 is 0. The van der Waals surface area contributed by atoms with E-state index >= 15 is 0 Å². The molecule has 1 N–H and O–H groups in total. The Hall–Kier alpha value is -1.65. The summed E-state index contributed by atoms with van der Waals surface area (Å²) in [5.74, 6) is 0.114. The lowest BCUT2D eigenvalue weighted by molar-refractivity contribution is -0.123. The summed E-state index contributed by atoms with van der Waals surface area (Å²) in [6.45, 7) is 6.34. The quantitative estimate of drug-likeness (QED) is 0.908. The molecule has 0 fully saturated rings. The number of hydrogen-bond donors (Lipinski definition) is 1. The highest BCUT2D eigenvalue weighted by Gasteiger charge is 2.27. The Kier molecular flexibility index (Phi) is 5.13. The van der Waals surface area contributed by atoms with Gasteiger partial charge in [-0.05, 0) is 42.3 Å². The van der Waals surface area contributed by atoms with Crippen molar-refractivity contribution in [3.05, 3.63) is 57.3 Å². The zero-order valence-corrected chi connectivity index (χ0v) is 14.7. The van der Waals surface area contributed by atoms with Gasteiger partial charge in [-0.25, -0.2) is 0 Å². The number of aryl methyl sites for hydroxylation is 1. The van der Waals surface area contributed by atoms with Crippen LogP contribution in [0.3, 0.4) is 0 Å². The van der Waals surface area contributed by atoms with Gasteiger partial charge in [-0.15, -0.1) is 11.3 Å². The third kappa shape index (κ3) is 3.82. The van der Waals surface area contributed by atoms with Crippen LogP contribution >= 0.6 is 11.3 Å². The molecule has 3 nitrogen and oxygen atoms in total. The van der Waals surface area contributed by atoms with Crippen molar-refractivity contribution < 1.29 is 4.79 Å². The van der Waals surface area contributed by atoms with Crippen molar-refractivity contribution in [3.8, 4) is 0 Å². The maximum atomic E-state index is 12.3. The Bertz CT molecular complexity index is 662. The highest BCUT2D eigenvalue weighted by Crippen LogP contribution is 2.34. The van der Waals surface area contributed by atoms with Gasteiger partial charge in [0.2, 0.25) is 5.91 Å². The summed E-state index contributed by atoms with van der Waals surface area (Å²) in [6, 6.07) is 10.9. The lowest BCUT2D eigenvalue weighted by Gasteiger charge is -2.34. The van der Waals surface area contributed by atoms with E-state index in [2.05, 4.69) is 59.8 Å². The van der Waals surface area contributed by atoms with Crippen LogP contribution in [-0.4, -0.2) is 23.9 Å². The van der Waals surface area contributed by atoms with E-state index in [0.29, 0.717) is 19.1 Å². The average Bonchev–Trinajstić information content (AvgIpc) is 3.03. The van der Waals surface area contributed by atoms with Crippen molar-refractivity contribution in [2.45, 2.75) is 39.3 Å². The van der Waals surface area contributed by atoms with E-state index in [-0.39, 0.29) is 5.91 Å². The van der Waals surface area contributed by atoms with Crippen LogP contribution in [0, 0.1) is 6.92 Å². The average molecular weight is 328 g/mol. The van der Waals surface area contributed by atoms with Crippen molar-refractivity contribution in [1.29, 1.82) is 0 Å². The van der Waals surface area contributed by atoms with Crippen molar-refractivity contribution in [3.63, 3.8) is 0 Å². The fourth-order valence-electron chi connectivity index (χ4n) is 3.26. The molecule has 122 valence electrons. The second kappa shape index (κ2) is 7.28. The maximum Gasteiger partial charge on any atom is 0.234 e. The summed E-state index contributed by atoms with van der Waals surface area (Å²) in [6.07, 6.45) is 2.11. The fraction of sp³-hybridized carbons (Fsp3) is 0.421. The Balaban J connectivity index is 1.56. The number of rotatable bonds is 5. The largest absolute Gasteiger partial charge is 0.351 e. The molecule has 1 aliphatic heterocycles. The van der Waals surface area contributed by atoms with Crippen LogP contribution in [0.25, 0.3) is 0 Å². The molecule has 4 heteroatoms. The first-order valence-corrected chi connectivity index (χ1v) is 9.18. The topological polar surface area (TPSA) is 32.3 Å². The van der Waals surface area contributed by atoms with Crippen LogP contribution in [0.5, 0.6) is 0 Å². The molecule has 1 amide bonds. The highest BCUT2D eigenvalue weighted by atomic mass is 32.1. The van der Waals surface area contributed by atoms with Crippen molar-refractivity contribution in [1.82, 2.24) is 10.2 Å². The number of nitrogens with one attached hydrogen (secondary N) is 1. The molecule has 1 aromatic heterocycles. The van der Waals surface area contributed by atoms with Gasteiger partial charge in [-0.2, -0.15) is 0 Å². The fourth-order valence-corrected chi connectivity index (χ4v) is 4.19. The van der Waals surface area contributed by atoms with Crippen LogP contribution in [0.2, 0.25) is 0 Å². The third-order valence-corrected chi connectivity index (χ3v) is 5.55. The van der Waals surface area contributed by atoms with E-state index in [0.717, 1.165) is 24.9 Å². The van der Waals surface area contributed by atoms with E-state index in [4.69, 9.17) is 0 Å². The highest BCUT2D eigenvalue weighted by molar-refractivity contribution is 7.10. The molecule has 1 aromatic carbocycles. The molecule has 0 bridgehead atoms. The van der Waals surface area contributed by atoms with E-state index in [1.165, 1.54) is 16.0 Å². The predicted molar refractivity (Wildman–Crippen MR) is 95.7 cm³/mol. The molecule has 1 atom stereocenters. The van der Waals surface area contributed by atoms with Gasteiger partial charge >= 0.3 is 0 Å². The Labute approximate surface area is 142 Å². The smallest absolute Gasteiger partial charge is 0.234 e. The molecule has 2 aromatic rings. The minimum Gasteiger partial charge on any atom is -0.351 e. The van der Waals surface area contributed by atoms with Crippen molar-refractivity contribution >= 4 is 17.2 Å². The number of benzene rings is 1. The van der Waals surface area contributed by atoms with Gasteiger partial charge in [0.15, 0.2) is 0 Å². The van der Waals surface area contributed by atoms with E-state index in [9.17, 15) is 4.79 Å². The van der Waals surface area contributed by atoms with Gasteiger partial charge in [0.25, 0.3) is 0 Å². The molecule has 23 heavy (non-hydrogen) atoms. The first-order chi connectivity index (χ1) is 11.2. The van der Waals surface area contributed by atoms with Gasteiger partial charge < -0.3 is 5.32 Å². The number of nitrogens with zero attached hydrogens (tertiary/aromatic N) is 1. The van der Waals surface area contributed by atoms with E-state index in [1.807, 2.05) is 11.3 Å². The molecular weight excluding hydrogens is 304 g/mol. The second-order valence-corrected chi connectivity index (χ2v) is 7.21. The first kappa shape index (κ1) is 16.2. The molecule has 0 saturated carbocycles. The second-order valence-electron chi connectivity index (χ2n) is 6.21. The molecule has 1 aliphatic rings. The van der Waals surface area contributed by atoms with Crippen LogP contribution in [0.15, 0.2) is 35.7 Å². The summed E-state index contributed by atoms with van der Waals surface area (Å²) in [5.41, 5.74) is 3.82. The summed E-state index contributed by atoms with van der Waals surface area (Å²) in [7, 11) is 0. The standard InChI is InChI=1S/C19H24N2OS/c1-3-17-16-9-11-23-18(16)8-10-21(17)13-19(22)20-12-15-6-4-14(2)5-7-15/h4-7,9,11,17H,3,8,10,12-13H2,1-2H3,(H,20,22)/t17-/m0/s1. The number of fused-ring (bicyclic) bond motifs is 1. The maximum absolute atomic E-state index is 12.3. The minimum atomic E-state index is 0.114.